The highest BCUT2D eigenvalue weighted by Crippen LogP contribution is 2.11. The molecule has 2 N–H and O–H groups in total. The number of nitrogens with zero attached hydrogens (tertiary/aromatic N) is 2. The van der Waals surface area contributed by atoms with E-state index in [0.717, 1.165) is 18.6 Å². The van der Waals surface area contributed by atoms with Gasteiger partial charge in [0.1, 0.15) is 11.4 Å². The molecule has 0 bridgehead atoms. The number of anilines is 1. The fraction of sp³-hybridized carbons (Fsp3) is 0.353. The summed E-state index contributed by atoms with van der Waals surface area (Å²) in [4.78, 5) is 20.2. The minimum absolute atomic E-state index is 0.174. The minimum atomic E-state index is -0.174. The van der Waals surface area contributed by atoms with Crippen molar-refractivity contribution >= 4 is 11.9 Å². The second-order valence-electron chi connectivity index (χ2n) is 5.05. The number of hydrogen-bond donors (Lipinski definition) is 2. The van der Waals surface area contributed by atoms with Crippen LogP contribution in [0.4, 0.5) is 5.95 Å². The van der Waals surface area contributed by atoms with E-state index in [9.17, 15) is 4.79 Å². The van der Waals surface area contributed by atoms with E-state index < -0.39 is 0 Å². The van der Waals surface area contributed by atoms with Gasteiger partial charge in [-0.15, -0.1) is 0 Å². The number of ether oxygens (including phenoxy) is 1. The Kier molecular flexibility index (Phi) is 6.35. The third kappa shape index (κ3) is 5.25. The molecule has 2 aromatic rings. The van der Waals surface area contributed by atoms with E-state index in [1.807, 2.05) is 31.2 Å². The molecule has 0 unspecified atom stereocenters. The molecule has 0 atom stereocenters. The lowest BCUT2D eigenvalue weighted by Crippen LogP contribution is -2.25. The zero-order valence-electron chi connectivity index (χ0n) is 13.5. The number of rotatable bonds is 8. The van der Waals surface area contributed by atoms with E-state index in [1.54, 1.807) is 19.4 Å². The van der Waals surface area contributed by atoms with Gasteiger partial charge in [0, 0.05) is 19.3 Å². The van der Waals surface area contributed by atoms with Crippen molar-refractivity contribution in [3.63, 3.8) is 0 Å². The van der Waals surface area contributed by atoms with Crippen LogP contribution >= 0.6 is 0 Å². The quantitative estimate of drug-likeness (QED) is 0.782. The maximum atomic E-state index is 11.9. The van der Waals surface area contributed by atoms with Crippen LogP contribution in [0, 0.1) is 0 Å². The Bertz CT molecular complexity index is 629. The van der Waals surface area contributed by atoms with Gasteiger partial charge in [-0.25, -0.2) is 9.97 Å². The van der Waals surface area contributed by atoms with Crippen LogP contribution in [0.3, 0.4) is 0 Å². The molecule has 0 aliphatic rings. The molecule has 0 fully saturated rings. The van der Waals surface area contributed by atoms with E-state index in [4.69, 9.17) is 4.74 Å². The molecule has 23 heavy (non-hydrogen) atoms. The summed E-state index contributed by atoms with van der Waals surface area (Å²) >= 11 is 0. The molecule has 0 radical (unpaired) electrons. The standard InChI is InChI=1S/C17H22N4O2/c1-3-10-18-16(22)15-9-12-20-17(21-15)19-11-8-13-4-6-14(23-2)7-5-13/h4-7,9,12H,3,8,10-11H2,1-2H3,(H,18,22)(H,19,20,21). The summed E-state index contributed by atoms with van der Waals surface area (Å²) in [6.45, 7) is 3.34. The van der Waals surface area contributed by atoms with Crippen LogP contribution in [-0.2, 0) is 6.42 Å². The lowest BCUT2D eigenvalue weighted by atomic mass is 10.1. The number of amides is 1. The highest BCUT2D eigenvalue weighted by molar-refractivity contribution is 5.92. The van der Waals surface area contributed by atoms with Gasteiger partial charge < -0.3 is 15.4 Å². The number of methoxy groups -OCH3 is 1. The van der Waals surface area contributed by atoms with Crippen LogP contribution in [0.5, 0.6) is 5.75 Å². The molecule has 122 valence electrons. The third-order valence-corrected chi connectivity index (χ3v) is 3.28. The lowest BCUT2D eigenvalue weighted by Gasteiger charge is -2.07. The highest BCUT2D eigenvalue weighted by Gasteiger charge is 2.07. The number of carbonyl (C=O) groups excluding carboxylic acids is 1. The Labute approximate surface area is 136 Å². The molecule has 0 aliphatic carbocycles. The maximum Gasteiger partial charge on any atom is 0.270 e. The first-order valence-corrected chi connectivity index (χ1v) is 7.71. The first kappa shape index (κ1) is 16.7. The van der Waals surface area contributed by atoms with Crippen molar-refractivity contribution in [3.05, 3.63) is 47.8 Å². The number of benzene rings is 1. The van der Waals surface area contributed by atoms with Gasteiger partial charge in [0.05, 0.1) is 7.11 Å². The van der Waals surface area contributed by atoms with Crippen molar-refractivity contribution < 1.29 is 9.53 Å². The van der Waals surface area contributed by atoms with Gasteiger partial charge in [-0.3, -0.25) is 4.79 Å². The monoisotopic (exact) mass is 314 g/mol. The Balaban J connectivity index is 1.86. The smallest absolute Gasteiger partial charge is 0.270 e. The summed E-state index contributed by atoms with van der Waals surface area (Å²) in [7, 11) is 1.65. The molecule has 0 spiro atoms. The predicted octanol–water partition coefficient (Wildman–Crippen LogP) is 2.28. The van der Waals surface area contributed by atoms with Crippen molar-refractivity contribution in [3.8, 4) is 5.75 Å². The molecule has 1 heterocycles. The van der Waals surface area contributed by atoms with Crippen molar-refractivity contribution in [1.29, 1.82) is 0 Å². The molecular weight excluding hydrogens is 292 g/mol. The van der Waals surface area contributed by atoms with Crippen LogP contribution in [0.15, 0.2) is 36.5 Å². The fourth-order valence-corrected chi connectivity index (χ4v) is 2.01. The SMILES string of the molecule is CCCNC(=O)c1ccnc(NCCc2ccc(OC)cc2)n1. The molecule has 1 aromatic carbocycles. The normalized spacial score (nSPS) is 10.2. The van der Waals surface area contributed by atoms with Crippen molar-refractivity contribution in [2.24, 2.45) is 0 Å². The summed E-state index contributed by atoms with van der Waals surface area (Å²) < 4.78 is 5.13. The third-order valence-electron chi connectivity index (χ3n) is 3.28. The lowest BCUT2D eigenvalue weighted by molar-refractivity contribution is 0.0948. The molecule has 0 saturated carbocycles. The minimum Gasteiger partial charge on any atom is -0.497 e. The van der Waals surface area contributed by atoms with Crippen molar-refractivity contribution in [1.82, 2.24) is 15.3 Å². The summed E-state index contributed by atoms with van der Waals surface area (Å²) in [5, 5.41) is 5.94. The topological polar surface area (TPSA) is 76.1 Å². The zero-order valence-corrected chi connectivity index (χ0v) is 13.5. The number of aromatic nitrogens is 2. The van der Waals surface area contributed by atoms with E-state index in [2.05, 4.69) is 20.6 Å². The highest BCUT2D eigenvalue weighted by atomic mass is 16.5. The summed E-state index contributed by atoms with van der Waals surface area (Å²) in [5.74, 6) is 1.13. The second-order valence-corrected chi connectivity index (χ2v) is 5.05. The summed E-state index contributed by atoms with van der Waals surface area (Å²) in [5.41, 5.74) is 1.57. The second kappa shape index (κ2) is 8.73. The molecule has 1 amide bonds. The van der Waals surface area contributed by atoms with Gasteiger partial charge >= 0.3 is 0 Å². The summed E-state index contributed by atoms with van der Waals surface area (Å²) in [6, 6.07) is 9.53. The molecule has 0 saturated heterocycles. The fourth-order valence-electron chi connectivity index (χ4n) is 2.01. The van der Waals surface area contributed by atoms with E-state index in [-0.39, 0.29) is 5.91 Å². The maximum absolute atomic E-state index is 11.9. The average Bonchev–Trinajstić information content (AvgIpc) is 2.60. The molecule has 1 aromatic heterocycles. The van der Waals surface area contributed by atoms with Crippen LogP contribution < -0.4 is 15.4 Å². The molecule has 6 heteroatoms. The largest absolute Gasteiger partial charge is 0.497 e. The van der Waals surface area contributed by atoms with Crippen molar-refractivity contribution in [2.45, 2.75) is 19.8 Å². The average molecular weight is 314 g/mol. The first-order chi connectivity index (χ1) is 11.2. The molecule has 2 rings (SSSR count). The van der Waals surface area contributed by atoms with Gasteiger partial charge in [-0.2, -0.15) is 0 Å². The van der Waals surface area contributed by atoms with Gasteiger partial charge in [-0.05, 0) is 36.6 Å². The van der Waals surface area contributed by atoms with Gasteiger partial charge in [0.25, 0.3) is 5.91 Å². The number of hydrogen-bond acceptors (Lipinski definition) is 5. The predicted molar refractivity (Wildman–Crippen MR) is 89.8 cm³/mol. The van der Waals surface area contributed by atoms with Crippen LogP contribution in [0.25, 0.3) is 0 Å². The van der Waals surface area contributed by atoms with Gasteiger partial charge in [-0.1, -0.05) is 19.1 Å². The van der Waals surface area contributed by atoms with E-state index >= 15 is 0 Å². The Hall–Kier alpha value is -2.63. The van der Waals surface area contributed by atoms with E-state index in [1.165, 1.54) is 5.56 Å². The number of nitrogens with one attached hydrogen (secondary N) is 2. The van der Waals surface area contributed by atoms with Crippen LogP contribution in [0.1, 0.15) is 29.4 Å². The Morgan fingerprint density at radius 2 is 1.96 bits per heavy atom. The van der Waals surface area contributed by atoms with Crippen molar-refractivity contribution in [2.75, 3.05) is 25.5 Å². The van der Waals surface area contributed by atoms with E-state index in [0.29, 0.717) is 24.7 Å². The number of carbonyl (C=O) groups is 1. The van der Waals surface area contributed by atoms with Gasteiger partial charge in [0.2, 0.25) is 5.95 Å². The Morgan fingerprint density at radius 1 is 1.17 bits per heavy atom. The summed E-state index contributed by atoms with van der Waals surface area (Å²) in [6.07, 6.45) is 3.31. The molecule has 6 nitrogen and oxygen atoms in total. The Morgan fingerprint density at radius 3 is 2.65 bits per heavy atom. The van der Waals surface area contributed by atoms with Crippen LogP contribution in [0.2, 0.25) is 0 Å². The molecular formula is C17H22N4O2. The molecule has 0 aliphatic heterocycles. The van der Waals surface area contributed by atoms with Crippen LogP contribution in [-0.4, -0.2) is 36.1 Å². The van der Waals surface area contributed by atoms with Gasteiger partial charge in [0.15, 0.2) is 0 Å². The zero-order chi connectivity index (χ0) is 16.5. The first-order valence-electron chi connectivity index (χ1n) is 7.71.